The number of rotatable bonds is 2. The highest BCUT2D eigenvalue weighted by atomic mass is 35.5. The van der Waals surface area contributed by atoms with E-state index >= 15 is 0 Å². The third-order valence-electron chi connectivity index (χ3n) is 3.32. The Morgan fingerprint density at radius 1 is 1.38 bits per heavy atom. The highest BCUT2D eigenvalue weighted by Crippen LogP contribution is 2.31. The second kappa shape index (κ2) is 5.95. The van der Waals surface area contributed by atoms with Gasteiger partial charge in [-0.25, -0.2) is 4.79 Å². The number of nitriles is 1. The van der Waals surface area contributed by atoms with Crippen molar-refractivity contribution in [2.24, 2.45) is 5.92 Å². The van der Waals surface area contributed by atoms with Crippen LogP contribution < -0.4 is 4.90 Å². The number of ether oxygens (including phenoxy) is 1. The fraction of sp³-hybridized carbons (Fsp3) is 0.500. The van der Waals surface area contributed by atoms with Crippen LogP contribution in [0.4, 0.5) is 5.69 Å². The summed E-state index contributed by atoms with van der Waals surface area (Å²) in [5.74, 6) is -0.451. The van der Waals surface area contributed by atoms with Gasteiger partial charge in [-0.2, -0.15) is 5.26 Å². The number of benzene rings is 1. The lowest BCUT2D eigenvalue weighted by Gasteiger charge is -2.28. The van der Waals surface area contributed by atoms with E-state index in [2.05, 4.69) is 6.07 Å². The molecule has 0 aliphatic carbocycles. The van der Waals surface area contributed by atoms with Crippen molar-refractivity contribution in [2.75, 3.05) is 11.4 Å². The quantitative estimate of drug-likeness (QED) is 0.786. The van der Waals surface area contributed by atoms with Gasteiger partial charge in [0.2, 0.25) is 0 Å². The molecule has 1 heterocycles. The third-order valence-corrected chi connectivity index (χ3v) is 3.57. The van der Waals surface area contributed by atoms with Gasteiger partial charge in [-0.1, -0.05) is 11.6 Å². The number of anilines is 1. The number of hydrogen-bond donors (Lipinski definition) is 0. The van der Waals surface area contributed by atoms with E-state index in [1.54, 1.807) is 12.1 Å². The van der Waals surface area contributed by atoms with Crippen LogP contribution in [0.15, 0.2) is 24.3 Å². The SMILES string of the molecule is CC(C)(C)OC(=O)C1CC(C#N)CN1c1ccc(Cl)cc1. The molecule has 5 heteroatoms. The lowest BCUT2D eigenvalue weighted by atomic mass is 10.1. The third kappa shape index (κ3) is 3.89. The standard InChI is InChI=1S/C16H19ClN2O2/c1-16(2,3)21-15(20)14-8-11(9-18)10-19(14)13-6-4-12(17)5-7-13/h4-7,11,14H,8,10H2,1-3H3. The zero-order chi connectivity index (χ0) is 15.6. The minimum absolute atomic E-state index is 0.168. The molecular formula is C16H19ClN2O2. The maximum Gasteiger partial charge on any atom is 0.329 e. The van der Waals surface area contributed by atoms with E-state index < -0.39 is 11.6 Å². The van der Waals surface area contributed by atoms with Crippen molar-refractivity contribution in [1.29, 1.82) is 5.26 Å². The molecule has 1 aliphatic heterocycles. The van der Waals surface area contributed by atoms with E-state index in [-0.39, 0.29) is 11.9 Å². The summed E-state index contributed by atoms with van der Waals surface area (Å²) >= 11 is 5.90. The maximum absolute atomic E-state index is 12.4. The van der Waals surface area contributed by atoms with E-state index in [0.29, 0.717) is 18.0 Å². The molecule has 1 aliphatic rings. The van der Waals surface area contributed by atoms with Crippen molar-refractivity contribution in [3.8, 4) is 6.07 Å². The van der Waals surface area contributed by atoms with Gasteiger partial charge in [0.1, 0.15) is 11.6 Å². The van der Waals surface area contributed by atoms with E-state index in [0.717, 1.165) is 5.69 Å². The summed E-state index contributed by atoms with van der Waals surface area (Å²) in [6, 6.07) is 9.11. The van der Waals surface area contributed by atoms with Crippen molar-refractivity contribution in [1.82, 2.24) is 0 Å². The van der Waals surface area contributed by atoms with Crippen molar-refractivity contribution < 1.29 is 9.53 Å². The van der Waals surface area contributed by atoms with Gasteiger partial charge in [0.15, 0.2) is 0 Å². The Balaban J connectivity index is 2.23. The van der Waals surface area contributed by atoms with Gasteiger partial charge < -0.3 is 9.64 Å². The minimum atomic E-state index is -0.534. The predicted molar refractivity (Wildman–Crippen MR) is 82.2 cm³/mol. The Labute approximate surface area is 130 Å². The molecule has 0 amide bonds. The molecule has 2 unspecified atom stereocenters. The van der Waals surface area contributed by atoms with Crippen molar-refractivity contribution in [3.05, 3.63) is 29.3 Å². The first kappa shape index (κ1) is 15.7. The Hall–Kier alpha value is -1.73. The summed E-state index contributed by atoms with van der Waals surface area (Å²) in [5, 5.41) is 9.80. The smallest absolute Gasteiger partial charge is 0.329 e. The molecule has 0 bridgehead atoms. The molecular weight excluding hydrogens is 288 g/mol. The molecule has 0 aromatic heterocycles. The van der Waals surface area contributed by atoms with Crippen LogP contribution in [0.3, 0.4) is 0 Å². The van der Waals surface area contributed by atoms with E-state index in [4.69, 9.17) is 21.6 Å². The first-order chi connectivity index (χ1) is 9.80. The Kier molecular flexibility index (Phi) is 4.43. The van der Waals surface area contributed by atoms with Gasteiger partial charge in [-0.15, -0.1) is 0 Å². The molecule has 21 heavy (non-hydrogen) atoms. The Morgan fingerprint density at radius 2 is 2.00 bits per heavy atom. The summed E-state index contributed by atoms with van der Waals surface area (Å²) in [6.07, 6.45) is 0.494. The van der Waals surface area contributed by atoms with Gasteiger partial charge in [-0.05, 0) is 51.5 Å². The van der Waals surface area contributed by atoms with Crippen LogP contribution in [0.2, 0.25) is 5.02 Å². The number of nitrogens with zero attached hydrogens (tertiary/aromatic N) is 2. The zero-order valence-corrected chi connectivity index (χ0v) is 13.2. The molecule has 2 atom stereocenters. The van der Waals surface area contributed by atoms with Crippen LogP contribution in [0.1, 0.15) is 27.2 Å². The summed E-state index contributed by atoms with van der Waals surface area (Å²) in [7, 11) is 0. The molecule has 4 nitrogen and oxygen atoms in total. The number of halogens is 1. The number of carbonyl (C=O) groups is 1. The lowest BCUT2D eigenvalue weighted by Crippen LogP contribution is -2.40. The summed E-state index contributed by atoms with van der Waals surface area (Å²) < 4.78 is 5.47. The fourth-order valence-corrected chi connectivity index (χ4v) is 2.57. The van der Waals surface area contributed by atoms with Gasteiger partial charge in [0, 0.05) is 17.3 Å². The normalized spacial score (nSPS) is 22.0. The van der Waals surface area contributed by atoms with Gasteiger partial charge >= 0.3 is 5.97 Å². The molecule has 2 rings (SSSR count). The highest BCUT2D eigenvalue weighted by molar-refractivity contribution is 6.30. The predicted octanol–water partition coefficient (Wildman–Crippen LogP) is 3.40. The highest BCUT2D eigenvalue weighted by Gasteiger charge is 2.39. The topological polar surface area (TPSA) is 53.3 Å². The average Bonchev–Trinajstić information content (AvgIpc) is 2.82. The number of hydrogen-bond acceptors (Lipinski definition) is 4. The second-order valence-electron chi connectivity index (χ2n) is 6.24. The summed E-state index contributed by atoms with van der Waals surface area (Å²) in [5.41, 5.74) is 0.348. The molecule has 0 saturated carbocycles. The molecule has 0 N–H and O–H groups in total. The van der Waals surface area contributed by atoms with Gasteiger partial charge in [0.05, 0.1) is 12.0 Å². The molecule has 1 aromatic carbocycles. The molecule has 0 radical (unpaired) electrons. The number of carbonyl (C=O) groups excluding carboxylic acids is 1. The first-order valence-corrected chi connectivity index (χ1v) is 7.32. The molecule has 1 fully saturated rings. The van der Waals surface area contributed by atoms with Crippen molar-refractivity contribution >= 4 is 23.3 Å². The molecule has 1 aromatic rings. The van der Waals surface area contributed by atoms with Crippen LogP contribution in [-0.2, 0) is 9.53 Å². The Morgan fingerprint density at radius 3 is 2.52 bits per heavy atom. The fourth-order valence-electron chi connectivity index (χ4n) is 2.44. The summed E-state index contributed by atoms with van der Waals surface area (Å²) in [4.78, 5) is 14.3. The summed E-state index contributed by atoms with van der Waals surface area (Å²) in [6.45, 7) is 6.05. The van der Waals surface area contributed by atoms with Crippen LogP contribution >= 0.6 is 11.6 Å². The van der Waals surface area contributed by atoms with Crippen LogP contribution in [0.5, 0.6) is 0 Å². The lowest BCUT2D eigenvalue weighted by molar-refractivity contribution is -0.156. The zero-order valence-electron chi connectivity index (χ0n) is 12.5. The van der Waals surface area contributed by atoms with Crippen molar-refractivity contribution in [2.45, 2.75) is 38.8 Å². The minimum Gasteiger partial charge on any atom is -0.458 e. The molecule has 112 valence electrons. The maximum atomic E-state index is 12.4. The van der Waals surface area contributed by atoms with Gasteiger partial charge in [0.25, 0.3) is 0 Å². The first-order valence-electron chi connectivity index (χ1n) is 6.95. The monoisotopic (exact) mass is 306 g/mol. The van der Waals surface area contributed by atoms with Crippen LogP contribution in [0.25, 0.3) is 0 Å². The van der Waals surface area contributed by atoms with Crippen LogP contribution in [0, 0.1) is 17.2 Å². The Bertz CT molecular complexity index is 557. The average molecular weight is 307 g/mol. The number of esters is 1. The van der Waals surface area contributed by atoms with E-state index in [1.807, 2.05) is 37.8 Å². The van der Waals surface area contributed by atoms with E-state index in [1.165, 1.54) is 0 Å². The largest absolute Gasteiger partial charge is 0.458 e. The van der Waals surface area contributed by atoms with Crippen LogP contribution in [-0.4, -0.2) is 24.2 Å². The molecule has 0 spiro atoms. The molecule has 1 saturated heterocycles. The second-order valence-corrected chi connectivity index (χ2v) is 6.68. The van der Waals surface area contributed by atoms with Crippen molar-refractivity contribution in [3.63, 3.8) is 0 Å². The van der Waals surface area contributed by atoms with Gasteiger partial charge in [-0.3, -0.25) is 0 Å². The van der Waals surface area contributed by atoms with E-state index in [9.17, 15) is 4.79 Å².